The van der Waals surface area contributed by atoms with Gasteiger partial charge in [0.05, 0.1) is 17.8 Å². The van der Waals surface area contributed by atoms with E-state index in [0.717, 1.165) is 56.0 Å². The van der Waals surface area contributed by atoms with Crippen molar-refractivity contribution in [1.82, 2.24) is 24.4 Å². The van der Waals surface area contributed by atoms with Gasteiger partial charge >= 0.3 is 0 Å². The summed E-state index contributed by atoms with van der Waals surface area (Å²) < 4.78 is 2.54. The standard InChI is InChI=1S/C21H26N6/c22-9-1-11-26-12-7-16(8-13-26)27-19(5-4-15-2-3-15)25-18-14-24-21-17(20(18)27)6-10-23-21/h6,10,14-16H,1-5,7-8,11-13H2,(H,23,24). The predicted octanol–water partition coefficient (Wildman–Crippen LogP) is 3.81. The highest BCUT2D eigenvalue weighted by atomic mass is 15.2. The van der Waals surface area contributed by atoms with Crippen LogP contribution in [0.2, 0.25) is 0 Å². The summed E-state index contributed by atoms with van der Waals surface area (Å²) in [5, 5.41) is 10.0. The van der Waals surface area contributed by atoms with Crippen LogP contribution < -0.4 is 0 Å². The number of piperidine rings is 1. The monoisotopic (exact) mass is 362 g/mol. The van der Waals surface area contributed by atoms with Gasteiger partial charge in [-0.1, -0.05) is 12.8 Å². The van der Waals surface area contributed by atoms with Gasteiger partial charge in [0.15, 0.2) is 0 Å². The molecule has 6 nitrogen and oxygen atoms in total. The highest BCUT2D eigenvalue weighted by Gasteiger charge is 2.27. The average molecular weight is 362 g/mol. The van der Waals surface area contributed by atoms with Gasteiger partial charge in [-0.15, -0.1) is 0 Å². The van der Waals surface area contributed by atoms with Crippen molar-refractivity contribution in [3.8, 4) is 6.07 Å². The number of likely N-dealkylation sites (tertiary alicyclic amines) is 1. The highest BCUT2D eigenvalue weighted by Crippen LogP contribution is 2.36. The Morgan fingerprint density at radius 3 is 2.85 bits per heavy atom. The number of aryl methyl sites for hydroxylation is 1. The van der Waals surface area contributed by atoms with Crippen LogP contribution in [0.1, 0.15) is 50.4 Å². The molecular formula is C21H26N6. The molecule has 0 radical (unpaired) electrons. The van der Waals surface area contributed by atoms with E-state index in [1.54, 1.807) is 0 Å². The van der Waals surface area contributed by atoms with E-state index in [4.69, 9.17) is 10.2 Å². The first kappa shape index (κ1) is 16.8. The van der Waals surface area contributed by atoms with Crippen LogP contribution in [0, 0.1) is 17.2 Å². The molecule has 0 bridgehead atoms. The quantitative estimate of drug-likeness (QED) is 0.724. The van der Waals surface area contributed by atoms with Gasteiger partial charge in [-0.2, -0.15) is 5.26 Å². The Morgan fingerprint density at radius 1 is 1.22 bits per heavy atom. The number of aromatic nitrogens is 4. The molecule has 0 aromatic carbocycles. The average Bonchev–Trinajstić information content (AvgIpc) is 3.27. The first-order valence-corrected chi connectivity index (χ1v) is 10.3. The maximum absolute atomic E-state index is 8.85. The number of fused-ring (bicyclic) bond motifs is 3. The van der Waals surface area contributed by atoms with Crippen molar-refractivity contribution in [2.24, 2.45) is 5.92 Å². The van der Waals surface area contributed by atoms with Gasteiger partial charge in [-0.05, 0) is 31.2 Å². The van der Waals surface area contributed by atoms with Gasteiger partial charge in [-0.3, -0.25) is 0 Å². The third-order valence-electron chi connectivity index (χ3n) is 6.24. The Bertz CT molecular complexity index is 981. The number of H-pyrrole nitrogens is 1. The molecule has 3 aromatic rings. The van der Waals surface area contributed by atoms with Crippen molar-refractivity contribution in [2.75, 3.05) is 19.6 Å². The first-order chi connectivity index (χ1) is 13.3. The molecule has 0 amide bonds. The van der Waals surface area contributed by atoms with Crippen LogP contribution in [-0.2, 0) is 6.42 Å². The lowest BCUT2D eigenvalue weighted by Crippen LogP contribution is -2.35. The predicted molar refractivity (Wildman–Crippen MR) is 105 cm³/mol. The Balaban J connectivity index is 1.49. The lowest BCUT2D eigenvalue weighted by molar-refractivity contribution is 0.190. The maximum atomic E-state index is 8.85. The fraction of sp³-hybridized carbons (Fsp3) is 0.571. The molecule has 0 atom stereocenters. The van der Waals surface area contributed by atoms with Crippen LogP contribution in [0.4, 0.5) is 0 Å². The number of pyridine rings is 1. The largest absolute Gasteiger partial charge is 0.346 e. The van der Waals surface area contributed by atoms with Gasteiger partial charge in [0.25, 0.3) is 0 Å². The lowest BCUT2D eigenvalue weighted by atomic mass is 10.0. The SMILES string of the molecule is N#CCCN1CCC(n2c(CCC3CC3)nc3cnc4[nH]ccc4c32)CC1. The van der Waals surface area contributed by atoms with Crippen molar-refractivity contribution >= 4 is 22.1 Å². The summed E-state index contributed by atoms with van der Waals surface area (Å²) in [7, 11) is 0. The Labute approximate surface area is 159 Å². The topological polar surface area (TPSA) is 73.5 Å². The van der Waals surface area contributed by atoms with Crippen molar-refractivity contribution in [2.45, 2.75) is 51.0 Å². The van der Waals surface area contributed by atoms with Crippen molar-refractivity contribution < 1.29 is 0 Å². The third kappa shape index (κ3) is 3.21. The van der Waals surface area contributed by atoms with Crippen molar-refractivity contribution in [1.29, 1.82) is 5.26 Å². The zero-order valence-electron chi connectivity index (χ0n) is 15.7. The van der Waals surface area contributed by atoms with Crippen LogP contribution in [0.25, 0.3) is 22.1 Å². The van der Waals surface area contributed by atoms with E-state index in [1.807, 2.05) is 12.4 Å². The molecule has 0 unspecified atom stereocenters. The summed E-state index contributed by atoms with van der Waals surface area (Å²) in [6, 6.07) is 4.89. The summed E-state index contributed by atoms with van der Waals surface area (Å²) in [5.41, 5.74) is 3.23. The summed E-state index contributed by atoms with van der Waals surface area (Å²) in [5.74, 6) is 2.15. The number of hydrogen-bond acceptors (Lipinski definition) is 4. The molecule has 140 valence electrons. The number of hydrogen-bond donors (Lipinski definition) is 1. The number of imidazole rings is 1. The van der Waals surface area contributed by atoms with E-state index in [9.17, 15) is 0 Å². The molecule has 5 rings (SSSR count). The summed E-state index contributed by atoms with van der Waals surface area (Å²) in [6.45, 7) is 3.03. The minimum Gasteiger partial charge on any atom is -0.346 e. The van der Waals surface area contributed by atoms with E-state index in [-0.39, 0.29) is 0 Å². The smallest absolute Gasteiger partial charge is 0.139 e. The van der Waals surface area contributed by atoms with Crippen LogP contribution in [0.3, 0.4) is 0 Å². The normalized spacial score (nSPS) is 19.1. The molecule has 0 spiro atoms. The van der Waals surface area contributed by atoms with E-state index < -0.39 is 0 Å². The number of nitrogens with zero attached hydrogens (tertiary/aromatic N) is 5. The molecule has 27 heavy (non-hydrogen) atoms. The van der Waals surface area contributed by atoms with Gasteiger partial charge in [-0.25, -0.2) is 9.97 Å². The molecule has 1 aliphatic carbocycles. The number of aromatic amines is 1. The van der Waals surface area contributed by atoms with E-state index in [1.165, 1.54) is 36.0 Å². The highest BCUT2D eigenvalue weighted by molar-refractivity contribution is 6.01. The number of nitriles is 1. The number of rotatable bonds is 6. The zero-order chi connectivity index (χ0) is 18.2. The fourth-order valence-corrected chi connectivity index (χ4v) is 4.56. The lowest BCUT2D eigenvalue weighted by Gasteiger charge is -2.33. The van der Waals surface area contributed by atoms with Crippen LogP contribution in [0.5, 0.6) is 0 Å². The second kappa shape index (κ2) is 6.97. The van der Waals surface area contributed by atoms with Gasteiger partial charge < -0.3 is 14.5 Å². The molecule has 1 aliphatic heterocycles. The first-order valence-electron chi connectivity index (χ1n) is 10.3. The van der Waals surface area contributed by atoms with E-state index >= 15 is 0 Å². The molecule has 1 saturated carbocycles. The van der Waals surface area contributed by atoms with Crippen LogP contribution >= 0.6 is 0 Å². The minimum atomic E-state index is 0.489. The zero-order valence-corrected chi connectivity index (χ0v) is 15.7. The molecule has 2 aliphatic rings. The van der Waals surface area contributed by atoms with Gasteiger partial charge in [0, 0.05) is 50.1 Å². The summed E-state index contributed by atoms with van der Waals surface area (Å²) in [6.07, 6.45) is 11.9. The summed E-state index contributed by atoms with van der Waals surface area (Å²) >= 11 is 0. The Kier molecular flexibility index (Phi) is 4.33. The molecule has 1 saturated heterocycles. The maximum Gasteiger partial charge on any atom is 0.139 e. The Morgan fingerprint density at radius 2 is 2.07 bits per heavy atom. The second-order valence-corrected chi connectivity index (χ2v) is 8.09. The van der Waals surface area contributed by atoms with Crippen LogP contribution in [-0.4, -0.2) is 44.1 Å². The van der Waals surface area contributed by atoms with Gasteiger partial charge in [0.1, 0.15) is 17.0 Å². The third-order valence-corrected chi connectivity index (χ3v) is 6.24. The molecule has 6 heteroatoms. The summed E-state index contributed by atoms with van der Waals surface area (Å²) in [4.78, 5) is 15.2. The molecule has 4 heterocycles. The fourth-order valence-electron chi connectivity index (χ4n) is 4.56. The second-order valence-electron chi connectivity index (χ2n) is 8.09. The number of nitrogens with one attached hydrogen (secondary N) is 1. The van der Waals surface area contributed by atoms with E-state index in [0.29, 0.717) is 12.5 Å². The van der Waals surface area contributed by atoms with E-state index in [2.05, 4.69) is 31.6 Å². The van der Waals surface area contributed by atoms with Crippen molar-refractivity contribution in [3.63, 3.8) is 0 Å². The van der Waals surface area contributed by atoms with Gasteiger partial charge in [0.2, 0.25) is 0 Å². The molecular weight excluding hydrogens is 336 g/mol. The molecule has 1 N–H and O–H groups in total. The van der Waals surface area contributed by atoms with Crippen molar-refractivity contribution in [3.05, 3.63) is 24.3 Å². The molecule has 3 aromatic heterocycles. The van der Waals surface area contributed by atoms with Crippen LogP contribution in [0.15, 0.2) is 18.5 Å². The Hall–Kier alpha value is -2.39. The minimum absolute atomic E-state index is 0.489. The molecule has 2 fully saturated rings.